The van der Waals surface area contributed by atoms with Gasteiger partial charge in [-0.1, -0.05) is 12.1 Å². The number of carbonyl (C=O) groups excluding carboxylic acids is 1. The highest BCUT2D eigenvalue weighted by Gasteiger charge is 2.12. The maximum absolute atomic E-state index is 12.0. The van der Waals surface area contributed by atoms with Crippen LogP contribution in [0.5, 0.6) is 0 Å². The first-order chi connectivity index (χ1) is 9.45. The summed E-state index contributed by atoms with van der Waals surface area (Å²) in [7, 11) is -1.91. The smallest absolute Gasteiger partial charge is 0.240 e. The van der Waals surface area contributed by atoms with Crippen molar-refractivity contribution in [2.24, 2.45) is 0 Å². The molecule has 0 atom stereocenters. The summed E-state index contributed by atoms with van der Waals surface area (Å²) in [6.45, 7) is 2.67. The molecule has 0 aliphatic carbocycles. The Morgan fingerprint density at radius 2 is 1.90 bits per heavy atom. The van der Waals surface area contributed by atoms with Gasteiger partial charge in [-0.05, 0) is 24.1 Å². The Labute approximate surface area is 119 Å². The van der Waals surface area contributed by atoms with Crippen molar-refractivity contribution in [2.75, 3.05) is 20.3 Å². The minimum atomic E-state index is -3.48. The molecular weight excluding hydrogens is 280 g/mol. The molecule has 0 saturated carbocycles. The molecule has 0 bridgehead atoms. The molecule has 0 fully saturated rings. The zero-order chi connectivity index (χ0) is 15.0. The molecule has 0 aliphatic rings. The highest BCUT2D eigenvalue weighted by Crippen LogP contribution is 2.10. The molecule has 0 unspecified atom stereocenters. The monoisotopic (exact) mass is 300 g/mol. The predicted molar refractivity (Wildman–Crippen MR) is 75.6 cm³/mol. The molecule has 0 spiro atoms. The summed E-state index contributed by atoms with van der Waals surface area (Å²) in [5.74, 6) is -0.124. The number of sulfonamides is 1. The molecule has 2 N–H and O–H groups in total. The van der Waals surface area contributed by atoms with Crippen LogP contribution in [0.25, 0.3) is 0 Å². The number of rotatable bonds is 8. The van der Waals surface area contributed by atoms with E-state index >= 15 is 0 Å². The normalized spacial score (nSPS) is 11.3. The van der Waals surface area contributed by atoms with Crippen molar-refractivity contribution >= 4 is 15.9 Å². The number of ether oxygens (including phenoxy) is 1. The summed E-state index contributed by atoms with van der Waals surface area (Å²) in [4.78, 5) is 11.0. The third-order valence-corrected chi connectivity index (χ3v) is 4.07. The van der Waals surface area contributed by atoms with Gasteiger partial charge in [-0.3, -0.25) is 4.79 Å². The largest absolute Gasteiger partial charge is 0.385 e. The lowest BCUT2D eigenvalue weighted by Gasteiger charge is -2.08. The van der Waals surface area contributed by atoms with E-state index in [0.29, 0.717) is 26.1 Å². The van der Waals surface area contributed by atoms with Gasteiger partial charge in [-0.25, -0.2) is 13.1 Å². The number of methoxy groups -OCH3 is 1. The highest BCUT2D eigenvalue weighted by molar-refractivity contribution is 7.89. The van der Waals surface area contributed by atoms with Crippen LogP contribution in [0.2, 0.25) is 0 Å². The zero-order valence-electron chi connectivity index (χ0n) is 11.7. The van der Waals surface area contributed by atoms with Crippen molar-refractivity contribution in [3.63, 3.8) is 0 Å². The van der Waals surface area contributed by atoms with Crippen LogP contribution in [0.1, 0.15) is 18.9 Å². The molecule has 0 aromatic heterocycles. The highest BCUT2D eigenvalue weighted by atomic mass is 32.2. The van der Waals surface area contributed by atoms with Gasteiger partial charge in [0.2, 0.25) is 15.9 Å². The fourth-order valence-electron chi connectivity index (χ4n) is 1.52. The first kappa shape index (κ1) is 16.6. The number of benzene rings is 1. The summed E-state index contributed by atoms with van der Waals surface area (Å²) in [5, 5.41) is 2.65. The second-order valence-electron chi connectivity index (χ2n) is 4.30. The van der Waals surface area contributed by atoms with Gasteiger partial charge in [0.05, 0.1) is 4.90 Å². The van der Waals surface area contributed by atoms with Crippen molar-refractivity contribution in [2.45, 2.75) is 24.8 Å². The lowest BCUT2D eigenvalue weighted by molar-refractivity contribution is -0.119. The number of hydrogen-bond acceptors (Lipinski definition) is 4. The molecular formula is C13H20N2O4S. The van der Waals surface area contributed by atoms with Crippen molar-refractivity contribution < 1.29 is 17.9 Å². The molecule has 20 heavy (non-hydrogen) atoms. The topological polar surface area (TPSA) is 84.5 Å². The minimum Gasteiger partial charge on any atom is -0.385 e. The van der Waals surface area contributed by atoms with Crippen LogP contribution in [0.4, 0.5) is 0 Å². The molecule has 6 nitrogen and oxygen atoms in total. The van der Waals surface area contributed by atoms with Gasteiger partial charge >= 0.3 is 0 Å². The van der Waals surface area contributed by atoms with E-state index < -0.39 is 10.0 Å². The van der Waals surface area contributed by atoms with E-state index in [4.69, 9.17) is 4.74 Å². The van der Waals surface area contributed by atoms with Crippen LogP contribution in [-0.4, -0.2) is 34.6 Å². The molecule has 0 saturated heterocycles. The summed E-state index contributed by atoms with van der Waals surface area (Å²) < 4.78 is 31.3. The molecule has 1 aromatic rings. The molecule has 0 heterocycles. The lowest BCUT2D eigenvalue weighted by Crippen LogP contribution is -2.25. The fourth-order valence-corrected chi connectivity index (χ4v) is 2.59. The summed E-state index contributed by atoms with van der Waals surface area (Å²) in [6.07, 6.45) is 0.621. The van der Waals surface area contributed by atoms with E-state index in [1.54, 1.807) is 19.2 Å². The molecule has 0 radical (unpaired) electrons. The standard InChI is InChI=1S/C13H20N2O4S/c1-11(16)14-10-12-4-6-13(7-5-12)20(17,18)15-8-3-9-19-2/h4-7,15H,3,8-10H2,1-2H3,(H,14,16). The van der Waals surface area contributed by atoms with Gasteiger partial charge in [-0.2, -0.15) is 0 Å². The van der Waals surface area contributed by atoms with E-state index in [-0.39, 0.29) is 10.8 Å². The number of hydrogen-bond donors (Lipinski definition) is 2. The predicted octanol–water partition coefficient (Wildman–Crippen LogP) is 0.638. The van der Waals surface area contributed by atoms with Gasteiger partial charge in [-0.15, -0.1) is 0 Å². The third kappa shape index (κ3) is 5.68. The summed E-state index contributed by atoms with van der Waals surface area (Å²) >= 11 is 0. The van der Waals surface area contributed by atoms with Gasteiger partial charge in [0, 0.05) is 33.7 Å². The first-order valence-corrected chi connectivity index (χ1v) is 7.76. The van der Waals surface area contributed by atoms with E-state index in [1.807, 2.05) is 0 Å². The Morgan fingerprint density at radius 1 is 1.25 bits per heavy atom. The van der Waals surface area contributed by atoms with Crippen molar-refractivity contribution in [3.05, 3.63) is 29.8 Å². The molecule has 0 aliphatic heterocycles. The average molecular weight is 300 g/mol. The van der Waals surface area contributed by atoms with E-state index in [1.165, 1.54) is 19.1 Å². The van der Waals surface area contributed by atoms with Crippen molar-refractivity contribution in [3.8, 4) is 0 Å². The first-order valence-electron chi connectivity index (χ1n) is 6.27. The fraction of sp³-hybridized carbons (Fsp3) is 0.462. The Morgan fingerprint density at radius 3 is 2.45 bits per heavy atom. The second-order valence-corrected chi connectivity index (χ2v) is 6.06. The summed E-state index contributed by atoms with van der Waals surface area (Å²) in [5.41, 5.74) is 0.846. The number of nitrogens with one attached hydrogen (secondary N) is 2. The van der Waals surface area contributed by atoms with Gasteiger partial charge in [0.15, 0.2) is 0 Å². The second kappa shape index (κ2) is 7.98. The van der Waals surface area contributed by atoms with Crippen molar-refractivity contribution in [1.82, 2.24) is 10.0 Å². The van der Waals surface area contributed by atoms with E-state index in [0.717, 1.165) is 5.56 Å². The number of carbonyl (C=O) groups is 1. The van der Waals surface area contributed by atoms with Crippen molar-refractivity contribution in [1.29, 1.82) is 0 Å². The summed E-state index contributed by atoms with van der Waals surface area (Å²) in [6, 6.07) is 6.41. The molecule has 112 valence electrons. The zero-order valence-corrected chi connectivity index (χ0v) is 12.5. The van der Waals surface area contributed by atoms with Crippen LogP contribution >= 0.6 is 0 Å². The Balaban J connectivity index is 2.60. The Hall–Kier alpha value is -1.44. The van der Waals surface area contributed by atoms with E-state index in [9.17, 15) is 13.2 Å². The van der Waals surface area contributed by atoms with Gasteiger partial charge in [0.1, 0.15) is 0 Å². The lowest BCUT2D eigenvalue weighted by atomic mass is 10.2. The van der Waals surface area contributed by atoms with Crippen LogP contribution in [-0.2, 0) is 26.1 Å². The molecule has 1 rings (SSSR count). The quantitative estimate of drug-likeness (QED) is 0.690. The van der Waals surface area contributed by atoms with Crippen LogP contribution in [0, 0.1) is 0 Å². The Bertz CT molecular complexity index is 526. The minimum absolute atomic E-state index is 0.124. The maximum Gasteiger partial charge on any atom is 0.240 e. The Kier molecular flexibility index (Phi) is 6.63. The van der Waals surface area contributed by atoms with Crippen LogP contribution in [0.3, 0.4) is 0 Å². The SMILES string of the molecule is COCCCNS(=O)(=O)c1ccc(CNC(C)=O)cc1. The molecule has 1 aromatic carbocycles. The third-order valence-electron chi connectivity index (χ3n) is 2.59. The molecule has 7 heteroatoms. The van der Waals surface area contributed by atoms with Gasteiger partial charge < -0.3 is 10.1 Å². The van der Waals surface area contributed by atoms with E-state index in [2.05, 4.69) is 10.0 Å². The van der Waals surface area contributed by atoms with Crippen LogP contribution < -0.4 is 10.0 Å². The maximum atomic E-state index is 12.0. The van der Waals surface area contributed by atoms with Crippen LogP contribution in [0.15, 0.2) is 29.2 Å². The van der Waals surface area contributed by atoms with Gasteiger partial charge in [0.25, 0.3) is 0 Å². The average Bonchev–Trinajstić information content (AvgIpc) is 2.42. The number of amides is 1. The molecule has 1 amide bonds.